The largest absolute Gasteiger partial charge is 0.408 e. The Bertz CT molecular complexity index is 684. The lowest BCUT2D eigenvalue weighted by Crippen LogP contribution is -2.39. The maximum absolute atomic E-state index is 12.5. The number of alkyl halides is 3. The lowest BCUT2D eigenvalue weighted by molar-refractivity contribution is -0.142. The number of nitrogens with zero attached hydrogens (tertiary/aromatic N) is 3. The van der Waals surface area contributed by atoms with E-state index in [1.54, 1.807) is 6.07 Å². The highest BCUT2D eigenvalue weighted by atomic mass is 19.4. The minimum Gasteiger partial charge on any atom is -0.396 e. The summed E-state index contributed by atoms with van der Waals surface area (Å²) in [7, 11) is 0. The van der Waals surface area contributed by atoms with E-state index < -0.39 is 12.7 Å². The smallest absolute Gasteiger partial charge is 0.396 e. The van der Waals surface area contributed by atoms with E-state index in [2.05, 4.69) is 16.1 Å². The number of fused-ring (bicyclic) bond motifs is 1. The first kappa shape index (κ1) is 16.8. The number of aliphatic hydroxyl groups is 1. The van der Waals surface area contributed by atoms with Gasteiger partial charge in [-0.15, -0.1) is 0 Å². The zero-order chi connectivity index (χ0) is 17.2. The Morgan fingerprint density at radius 3 is 2.75 bits per heavy atom. The maximum Gasteiger partial charge on any atom is 0.408 e. The van der Waals surface area contributed by atoms with Crippen molar-refractivity contribution >= 4 is 5.69 Å². The van der Waals surface area contributed by atoms with Crippen LogP contribution in [-0.4, -0.2) is 33.7 Å². The van der Waals surface area contributed by atoms with E-state index in [9.17, 15) is 18.3 Å². The number of aryl methyl sites for hydroxylation is 1. The molecule has 1 aliphatic rings. The molecule has 3 rings (SSSR count). The van der Waals surface area contributed by atoms with Crippen LogP contribution >= 0.6 is 0 Å². The topological polar surface area (TPSA) is 41.3 Å². The number of aliphatic hydroxyl groups excluding tert-OH is 1. The number of benzene rings is 1. The average molecular weight is 339 g/mol. The Labute approximate surface area is 138 Å². The third kappa shape index (κ3) is 3.90. The van der Waals surface area contributed by atoms with Crippen LogP contribution in [0.2, 0.25) is 0 Å². The number of halogens is 3. The summed E-state index contributed by atoms with van der Waals surface area (Å²) in [6, 6.07) is 9.82. The summed E-state index contributed by atoms with van der Waals surface area (Å²) in [5, 5.41) is 13.4. The predicted octanol–water partition coefficient (Wildman–Crippen LogP) is 3.15. The number of anilines is 1. The highest BCUT2D eigenvalue weighted by Gasteiger charge is 2.29. The van der Waals surface area contributed by atoms with Crippen molar-refractivity contribution in [3.05, 3.63) is 47.8 Å². The van der Waals surface area contributed by atoms with E-state index in [1.165, 1.54) is 11.8 Å². The van der Waals surface area contributed by atoms with Gasteiger partial charge in [-0.05, 0) is 37.0 Å². The third-order valence-corrected chi connectivity index (χ3v) is 4.32. The molecular weight excluding hydrogens is 319 g/mol. The van der Waals surface area contributed by atoms with Gasteiger partial charge in [0.15, 0.2) is 0 Å². The van der Waals surface area contributed by atoms with Gasteiger partial charge in [0.2, 0.25) is 0 Å². The monoisotopic (exact) mass is 339 g/mol. The van der Waals surface area contributed by atoms with Crippen LogP contribution in [-0.2, 0) is 19.5 Å². The summed E-state index contributed by atoms with van der Waals surface area (Å²) >= 11 is 0. The minimum atomic E-state index is -4.28. The molecular formula is C17H20F3N3O. The van der Waals surface area contributed by atoms with Gasteiger partial charge in [-0.25, -0.2) is 0 Å². The fourth-order valence-corrected chi connectivity index (χ4v) is 3.27. The van der Waals surface area contributed by atoms with Crippen molar-refractivity contribution in [2.45, 2.75) is 44.6 Å². The fraction of sp³-hybridized carbons (Fsp3) is 0.471. The molecule has 0 radical (unpaired) electrons. The first-order valence-corrected chi connectivity index (χ1v) is 8.01. The zero-order valence-electron chi connectivity index (χ0n) is 13.2. The summed E-state index contributed by atoms with van der Waals surface area (Å²) < 4.78 is 38.3. The molecule has 0 spiro atoms. The number of aromatic nitrogens is 2. The van der Waals surface area contributed by atoms with Crippen LogP contribution in [0, 0.1) is 0 Å². The van der Waals surface area contributed by atoms with Gasteiger partial charge >= 0.3 is 6.18 Å². The second-order valence-corrected chi connectivity index (χ2v) is 6.08. The Balaban J connectivity index is 1.81. The molecule has 1 N–H and O–H groups in total. The Morgan fingerprint density at radius 1 is 1.21 bits per heavy atom. The fourth-order valence-electron chi connectivity index (χ4n) is 3.27. The van der Waals surface area contributed by atoms with E-state index in [0.717, 1.165) is 23.2 Å². The third-order valence-electron chi connectivity index (χ3n) is 4.32. The van der Waals surface area contributed by atoms with E-state index >= 15 is 0 Å². The highest BCUT2D eigenvalue weighted by molar-refractivity contribution is 5.56. The molecule has 0 aliphatic carbocycles. The van der Waals surface area contributed by atoms with E-state index in [1.807, 2.05) is 18.2 Å². The number of para-hydroxylation sites is 1. The molecule has 1 aromatic heterocycles. The summed E-state index contributed by atoms with van der Waals surface area (Å²) in [4.78, 5) is 2.15. The lowest BCUT2D eigenvalue weighted by atomic mass is 9.94. The Morgan fingerprint density at radius 2 is 2.00 bits per heavy atom. The number of hydrogen-bond acceptors (Lipinski definition) is 3. The second-order valence-electron chi connectivity index (χ2n) is 6.08. The first-order valence-electron chi connectivity index (χ1n) is 8.01. The SMILES string of the molecule is OCCC1CCc2ccccc2N1Cc1ccn(CC(F)(F)F)n1. The quantitative estimate of drug-likeness (QED) is 0.910. The highest BCUT2D eigenvalue weighted by Crippen LogP contribution is 2.33. The van der Waals surface area contributed by atoms with Gasteiger partial charge in [-0.2, -0.15) is 18.3 Å². The van der Waals surface area contributed by atoms with Crippen LogP contribution in [0.15, 0.2) is 36.5 Å². The molecule has 0 saturated carbocycles. The van der Waals surface area contributed by atoms with Crippen molar-refractivity contribution in [1.29, 1.82) is 0 Å². The average Bonchev–Trinajstić information content (AvgIpc) is 2.95. The maximum atomic E-state index is 12.5. The zero-order valence-corrected chi connectivity index (χ0v) is 13.2. The van der Waals surface area contributed by atoms with Crippen molar-refractivity contribution in [3.63, 3.8) is 0 Å². The second kappa shape index (κ2) is 6.84. The predicted molar refractivity (Wildman–Crippen MR) is 84.7 cm³/mol. The summed E-state index contributed by atoms with van der Waals surface area (Å²) in [5.41, 5.74) is 2.90. The molecule has 0 fully saturated rings. The molecule has 0 bridgehead atoms. The molecule has 130 valence electrons. The molecule has 0 saturated heterocycles. The van der Waals surface area contributed by atoms with Gasteiger partial charge in [0, 0.05) is 24.5 Å². The van der Waals surface area contributed by atoms with Gasteiger partial charge in [-0.1, -0.05) is 18.2 Å². The van der Waals surface area contributed by atoms with Gasteiger partial charge in [0.25, 0.3) is 0 Å². The van der Waals surface area contributed by atoms with Gasteiger partial charge < -0.3 is 10.0 Å². The molecule has 7 heteroatoms. The molecule has 2 aromatic rings. The van der Waals surface area contributed by atoms with Crippen molar-refractivity contribution in [1.82, 2.24) is 9.78 Å². The number of hydrogen-bond donors (Lipinski definition) is 1. The van der Waals surface area contributed by atoms with E-state index in [0.29, 0.717) is 18.7 Å². The van der Waals surface area contributed by atoms with Crippen LogP contribution in [0.4, 0.5) is 18.9 Å². The molecule has 1 aliphatic heterocycles. The molecule has 1 aromatic carbocycles. The molecule has 1 unspecified atom stereocenters. The van der Waals surface area contributed by atoms with Crippen LogP contribution in [0.1, 0.15) is 24.1 Å². The van der Waals surface area contributed by atoms with Crippen molar-refractivity contribution < 1.29 is 18.3 Å². The van der Waals surface area contributed by atoms with Crippen molar-refractivity contribution in [2.24, 2.45) is 0 Å². The van der Waals surface area contributed by atoms with Crippen LogP contribution in [0.25, 0.3) is 0 Å². The lowest BCUT2D eigenvalue weighted by Gasteiger charge is -2.38. The van der Waals surface area contributed by atoms with Crippen LogP contribution < -0.4 is 4.90 Å². The summed E-state index contributed by atoms with van der Waals surface area (Å²) in [6.45, 7) is -0.554. The van der Waals surface area contributed by atoms with Gasteiger partial charge in [-0.3, -0.25) is 4.68 Å². The van der Waals surface area contributed by atoms with Crippen LogP contribution in [0.5, 0.6) is 0 Å². The standard InChI is InChI=1S/C17H20F3N3O/c18-17(19,20)12-22-9-7-14(21-22)11-23-15(8-10-24)6-5-13-3-1-2-4-16(13)23/h1-4,7,9,15,24H,5-6,8,10-12H2. The van der Waals surface area contributed by atoms with E-state index in [-0.39, 0.29) is 12.6 Å². The molecule has 4 nitrogen and oxygen atoms in total. The first-order chi connectivity index (χ1) is 11.5. The molecule has 24 heavy (non-hydrogen) atoms. The van der Waals surface area contributed by atoms with Gasteiger partial charge in [0.05, 0.1) is 12.2 Å². The Hall–Kier alpha value is -2.02. The molecule has 2 heterocycles. The number of rotatable bonds is 5. The molecule has 1 atom stereocenters. The van der Waals surface area contributed by atoms with E-state index in [4.69, 9.17) is 0 Å². The minimum absolute atomic E-state index is 0.0891. The summed E-state index contributed by atoms with van der Waals surface area (Å²) in [6.07, 6.45) is -0.418. The Kier molecular flexibility index (Phi) is 4.80. The van der Waals surface area contributed by atoms with Gasteiger partial charge in [0.1, 0.15) is 6.54 Å². The normalized spacial score (nSPS) is 17.8. The summed E-state index contributed by atoms with van der Waals surface area (Å²) in [5.74, 6) is 0. The van der Waals surface area contributed by atoms with Crippen LogP contribution in [0.3, 0.4) is 0 Å². The molecule has 0 amide bonds. The van der Waals surface area contributed by atoms with Crippen molar-refractivity contribution in [2.75, 3.05) is 11.5 Å². The van der Waals surface area contributed by atoms with Crippen molar-refractivity contribution in [3.8, 4) is 0 Å².